The number of rotatable bonds is 3. The van der Waals surface area contributed by atoms with Crippen molar-refractivity contribution in [2.45, 2.75) is 25.7 Å². The van der Waals surface area contributed by atoms with Crippen LogP contribution in [0.15, 0.2) is 12.1 Å². The van der Waals surface area contributed by atoms with E-state index in [0.717, 1.165) is 31.5 Å². The summed E-state index contributed by atoms with van der Waals surface area (Å²) in [7, 11) is 0. The molecule has 0 bridgehead atoms. The van der Waals surface area contributed by atoms with Crippen LogP contribution in [0.25, 0.3) is 0 Å². The molecule has 0 aromatic carbocycles. The van der Waals surface area contributed by atoms with Crippen molar-refractivity contribution in [3.8, 4) is 0 Å². The van der Waals surface area contributed by atoms with Gasteiger partial charge in [-0.15, -0.1) is 0 Å². The molecule has 19 heavy (non-hydrogen) atoms. The second-order valence-electron chi connectivity index (χ2n) is 5.50. The van der Waals surface area contributed by atoms with Gasteiger partial charge in [0.15, 0.2) is 0 Å². The first-order chi connectivity index (χ1) is 9.36. The zero-order valence-electron chi connectivity index (χ0n) is 11.4. The first-order valence-corrected chi connectivity index (χ1v) is 8.51. The molecule has 0 amide bonds. The van der Waals surface area contributed by atoms with Crippen LogP contribution in [0.4, 0.5) is 5.82 Å². The minimum absolute atomic E-state index is 1.07. The number of nitrogens with zero attached hydrogens (tertiary/aromatic N) is 3. The van der Waals surface area contributed by atoms with Gasteiger partial charge in [-0.1, -0.05) is 22.0 Å². The standard InChI is InChI=1S/C15H22BrN3/c16-7-10-18-8-2-9-19(12-11-18)15-6-5-13-3-1-4-14(13)17-15/h5-6H,1-4,7-12H2. The van der Waals surface area contributed by atoms with Gasteiger partial charge in [-0.3, -0.25) is 0 Å². The molecule has 0 radical (unpaired) electrons. The lowest BCUT2D eigenvalue weighted by Gasteiger charge is -2.23. The highest BCUT2D eigenvalue weighted by molar-refractivity contribution is 9.09. The molecule has 1 aliphatic carbocycles. The lowest BCUT2D eigenvalue weighted by Crippen LogP contribution is -2.32. The average molecular weight is 324 g/mol. The monoisotopic (exact) mass is 323 g/mol. The Balaban J connectivity index is 1.68. The van der Waals surface area contributed by atoms with Gasteiger partial charge in [0.2, 0.25) is 0 Å². The minimum atomic E-state index is 1.07. The van der Waals surface area contributed by atoms with Gasteiger partial charge in [0, 0.05) is 37.2 Å². The van der Waals surface area contributed by atoms with E-state index in [1.165, 1.54) is 49.3 Å². The summed E-state index contributed by atoms with van der Waals surface area (Å²) < 4.78 is 0. The molecular weight excluding hydrogens is 302 g/mol. The molecule has 1 aliphatic heterocycles. The van der Waals surface area contributed by atoms with Crippen LogP contribution in [0.1, 0.15) is 24.1 Å². The molecule has 1 aromatic rings. The number of halogens is 1. The average Bonchev–Trinajstić information content (AvgIpc) is 2.77. The van der Waals surface area contributed by atoms with Gasteiger partial charge in [0.25, 0.3) is 0 Å². The van der Waals surface area contributed by atoms with Crippen molar-refractivity contribution in [3.05, 3.63) is 23.4 Å². The third-order valence-corrected chi connectivity index (χ3v) is 4.58. The van der Waals surface area contributed by atoms with E-state index in [1.54, 1.807) is 0 Å². The van der Waals surface area contributed by atoms with E-state index >= 15 is 0 Å². The van der Waals surface area contributed by atoms with Gasteiger partial charge < -0.3 is 9.80 Å². The summed E-state index contributed by atoms with van der Waals surface area (Å²) >= 11 is 3.54. The van der Waals surface area contributed by atoms with Gasteiger partial charge in [0.05, 0.1) is 0 Å². The van der Waals surface area contributed by atoms with Crippen LogP contribution >= 0.6 is 15.9 Å². The lowest BCUT2D eigenvalue weighted by atomic mass is 10.2. The van der Waals surface area contributed by atoms with Gasteiger partial charge in [-0.2, -0.15) is 0 Å². The third kappa shape index (κ3) is 3.11. The summed E-state index contributed by atoms with van der Waals surface area (Å²) in [4.78, 5) is 9.90. The molecule has 1 aromatic heterocycles. The number of hydrogen-bond acceptors (Lipinski definition) is 3. The molecule has 4 heteroatoms. The predicted octanol–water partition coefficient (Wildman–Crippen LogP) is 2.48. The maximum absolute atomic E-state index is 4.89. The molecule has 0 atom stereocenters. The number of aryl methyl sites for hydroxylation is 2. The Morgan fingerprint density at radius 1 is 1.05 bits per heavy atom. The topological polar surface area (TPSA) is 19.4 Å². The highest BCUT2D eigenvalue weighted by Gasteiger charge is 2.18. The number of anilines is 1. The van der Waals surface area contributed by atoms with E-state index in [9.17, 15) is 0 Å². The Bertz CT molecular complexity index is 435. The molecule has 3 rings (SSSR count). The van der Waals surface area contributed by atoms with Crippen molar-refractivity contribution < 1.29 is 0 Å². The molecule has 1 saturated heterocycles. The molecule has 3 nitrogen and oxygen atoms in total. The molecule has 2 heterocycles. The van der Waals surface area contributed by atoms with Crippen LogP contribution in [0.5, 0.6) is 0 Å². The Morgan fingerprint density at radius 3 is 2.89 bits per heavy atom. The van der Waals surface area contributed by atoms with Gasteiger partial charge >= 0.3 is 0 Å². The van der Waals surface area contributed by atoms with Crippen molar-refractivity contribution in [2.75, 3.05) is 43.0 Å². The summed E-state index contributed by atoms with van der Waals surface area (Å²) in [5.41, 5.74) is 2.82. The highest BCUT2D eigenvalue weighted by atomic mass is 79.9. The van der Waals surface area contributed by atoms with Crippen molar-refractivity contribution in [1.29, 1.82) is 0 Å². The molecule has 0 spiro atoms. The maximum Gasteiger partial charge on any atom is 0.128 e. The highest BCUT2D eigenvalue weighted by Crippen LogP contribution is 2.23. The summed E-state index contributed by atoms with van der Waals surface area (Å²) in [6.07, 6.45) is 4.92. The smallest absolute Gasteiger partial charge is 0.128 e. The Labute approximate surface area is 124 Å². The van der Waals surface area contributed by atoms with Crippen LogP contribution in [0.2, 0.25) is 0 Å². The number of fused-ring (bicyclic) bond motifs is 1. The zero-order valence-corrected chi connectivity index (χ0v) is 13.0. The number of alkyl halides is 1. The Kier molecular flexibility index (Phi) is 4.38. The first-order valence-electron chi connectivity index (χ1n) is 7.39. The first kappa shape index (κ1) is 13.4. The SMILES string of the molecule is BrCCN1CCCN(c2ccc3c(n2)CCC3)CC1. The second-order valence-corrected chi connectivity index (χ2v) is 6.29. The summed E-state index contributed by atoms with van der Waals surface area (Å²) in [6, 6.07) is 4.52. The van der Waals surface area contributed by atoms with Crippen LogP contribution in [-0.2, 0) is 12.8 Å². The summed E-state index contributed by atoms with van der Waals surface area (Å²) in [5, 5.41) is 1.07. The van der Waals surface area contributed by atoms with Crippen molar-refractivity contribution in [3.63, 3.8) is 0 Å². The largest absolute Gasteiger partial charge is 0.355 e. The van der Waals surface area contributed by atoms with E-state index in [1.807, 2.05) is 0 Å². The Hall–Kier alpha value is -0.610. The third-order valence-electron chi connectivity index (χ3n) is 4.23. The molecular formula is C15H22BrN3. The van der Waals surface area contributed by atoms with E-state index in [-0.39, 0.29) is 0 Å². The van der Waals surface area contributed by atoms with E-state index in [0.29, 0.717) is 0 Å². The van der Waals surface area contributed by atoms with Crippen LogP contribution < -0.4 is 4.90 Å². The molecule has 104 valence electrons. The quantitative estimate of drug-likeness (QED) is 0.797. The number of aromatic nitrogens is 1. The van der Waals surface area contributed by atoms with Gasteiger partial charge in [-0.05, 0) is 43.9 Å². The van der Waals surface area contributed by atoms with Gasteiger partial charge in [0.1, 0.15) is 5.82 Å². The molecule has 0 saturated carbocycles. The Morgan fingerprint density at radius 2 is 2.00 bits per heavy atom. The molecule has 0 N–H and O–H groups in total. The fourth-order valence-electron chi connectivity index (χ4n) is 3.13. The summed E-state index contributed by atoms with van der Waals surface area (Å²) in [6.45, 7) is 5.78. The fraction of sp³-hybridized carbons (Fsp3) is 0.667. The fourth-order valence-corrected chi connectivity index (χ4v) is 3.63. The van der Waals surface area contributed by atoms with Crippen molar-refractivity contribution in [2.24, 2.45) is 0 Å². The van der Waals surface area contributed by atoms with Gasteiger partial charge in [-0.25, -0.2) is 4.98 Å². The minimum Gasteiger partial charge on any atom is -0.355 e. The predicted molar refractivity (Wildman–Crippen MR) is 83.3 cm³/mol. The van der Waals surface area contributed by atoms with E-state index < -0.39 is 0 Å². The van der Waals surface area contributed by atoms with Crippen LogP contribution in [0.3, 0.4) is 0 Å². The zero-order chi connectivity index (χ0) is 13.1. The lowest BCUT2D eigenvalue weighted by molar-refractivity contribution is 0.313. The normalized spacial score (nSPS) is 20.4. The molecule has 0 unspecified atom stereocenters. The van der Waals surface area contributed by atoms with Crippen LogP contribution in [0, 0.1) is 0 Å². The maximum atomic E-state index is 4.89. The van der Waals surface area contributed by atoms with Crippen LogP contribution in [-0.4, -0.2) is 47.9 Å². The number of pyridine rings is 1. The second kappa shape index (κ2) is 6.23. The number of hydrogen-bond donors (Lipinski definition) is 0. The van der Waals surface area contributed by atoms with E-state index in [2.05, 4.69) is 37.9 Å². The summed E-state index contributed by atoms with van der Waals surface area (Å²) in [5.74, 6) is 1.20. The molecule has 2 aliphatic rings. The van der Waals surface area contributed by atoms with Crippen molar-refractivity contribution >= 4 is 21.7 Å². The van der Waals surface area contributed by atoms with Crippen molar-refractivity contribution in [1.82, 2.24) is 9.88 Å². The molecule has 1 fully saturated rings. The van der Waals surface area contributed by atoms with E-state index in [4.69, 9.17) is 4.98 Å².